The molecule has 9 nitrogen and oxygen atoms in total. The minimum Gasteiger partial charge on any atom is -0.444 e. The number of carbonyl (C=O) groups excluding carboxylic acids is 1. The average molecular weight is 320 g/mol. The van der Waals surface area contributed by atoms with Gasteiger partial charge >= 0.3 is 6.09 Å². The zero-order valence-electron chi connectivity index (χ0n) is 13.4. The molecule has 2 heterocycles. The van der Waals surface area contributed by atoms with Gasteiger partial charge in [-0.2, -0.15) is 10.2 Å². The van der Waals surface area contributed by atoms with E-state index in [1.165, 1.54) is 6.33 Å². The molecular weight excluding hydrogens is 300 g/mol. The maximum Gasteiger partial charge on any atom is 0.410 e. The molecule has 1 atom stereocenters. The van der Waals surface area contributed by atoms with Crippen LogP contribution in [0.2, 0.25) is 0 Å². The van der Waals surface area contributed by atoms with Crippen LogP contribution >= 0.6 is 0 Å². The number of rotatable bonds is 2. The van der Waals surface area contributed by atoms with E-state index in [2.05, 4.69) is 20.3 Å². The van der Waals surface area contributed by atoms with Gasteiger partial charge in [-0.3, -0.25) is 0 Å². The van der Waals surface area contributed by atoms with E-state index in [4.69, 9.17) is 14.7 Å². The van der Waals surface area contributed by atoms with Crippen molar-refractivity contribution in [3.8, 4) is 6.07 Å². The lowest BCUT2D eigenvalue weighted by Gasteiger charge is -2.28. The normalized spacial score (nSPS) is 18.7. The predicted octanol–water partition coefficient (Wildman–Crippen LogP) is 0.791. The van der Waals surface area contributed by atoms with E-state index in [0.29, 0.717) is 26.3 Å². The first-order valence-electron chi connectivity index (χ1n) is 7.29. The molecule has 1 amide bonds. The number of amides is 1. The van der Waals surface area contributed by atoms with Crippen LogP contribution in [0.25, 0.3) is 0 Å². The van der Waals surface area contributed by atoms with Crippen LogP contribution in [-0.4, -0.2) is 63.9 Å². The first-order valence-corrected chi connectivity index (χ1v) is 7.29. The number of hydrogen-bond acceptors (Lipinski definition) is 8. The quantitative estimate of drug-likeness (QED) is 0.851. The number of carbonyl (C=O) groups is 1. The summed E-state index contributed by atoms with van der Waals surface area (Å²) in [4.78, 5) is 25.4. The standard InChI is InChI=1S/C14H20N6O3/c1-14(2,3)23-13(21)20-4-5-22-8-10(7-20)18-12-17-9-16-11(6-15)19-12/h9-10H,4-5,7-8H2,1-3H3,(H,16,17,18,19). The first-order chi connectivity index (χ1) is 10.9. The lowest BCUT2D eigenvalue weighted by atomic mass is 10.2. The topological polar surface area (TPSA) is 113 Å². The van der Waals surface area contributed by atoms with Gasteiger partial charge in [0.2, 0.25) is 11.8 Å². The van der Waals surface area contributed by atoms with Crippen molar-refractivity contribution in [1.82, 2.24) is 19.9 Å². The molecule has 0 bridgehead atoms. The third kappa shape index (κ3) is 5.34. The van der Waals surface area contributed by atoms with Crippen LogP contribution in [0.5, 0.6) is 0 Å². The van der Waals surface area contributed by atoms with Gasteiger partial charge in [0.15, 0.2) is 0 Å². The van der Waals surface area contributed by atoms with Gasteiger partial charge in [-0.05, 0) is 20.8 Å². The Hall–Kier alpha value is -2.47. The third-order valence-electron chi connectivity index (χ3n) is 2.92. The molecule has 1 aliphatic rings. The fourth-order valence-electron chi connectivity index (χ4n) is 1.99. The molecule has 2 rings (SSSR count). The molecule has 0 aromatic carbocycles. The molecule has 1 aromatic heterocycles. The summed E-state index contributed by atoms with van der Waals surface area (Å²) in [7, 11) is 0. The van der Waals surface area contributed by atoms with Crippen LogP contribution in [0.3, 0.4) is 0 Å². The molecule has 1 fully saturated rings. The second-order valence-corrected chi connectivity index (χ2v) is 6.09. The van der Waals surface area contributed by atoms with Crippen molar-refractivity contribution in [3.05, 3.63) is 12.2 Å². The Bertz CT molecular complexity index is 595. The molecule has 1 N–H and O–H groups in total. The highest BCUT2D eigenvalue weighted by Gasteiger charge is 2.27. The second-order valence-electron chi connectivity index (χ2n) is 6.09. The summed E-state index contributed by atoms with van der Waals surface area (Å²) in [5.74, 6) is 0.303. The van der Waals surface area contributed by atoms with Gasteiger partial charge in [0.1, 0.15) is 18.0 Å². The molecule has 1 aromatic rings. The summed E-state index contributed by atoms with van der Waals surface area (Å²) < 4.78 is 10.9. The largest absolute Gasteiger partial charge is 0.444 e. The van der Waals surface area contributed by atoms with Gasteiger partial charge in [-0.25, -0.2) is 14.8 Å². The molecule has 0 radical (unpaired) electrons. The van der Waals surface area contributed by atoms with Crippen LogP contribution in [-0.2, 0) is 9.47 Å². The average Bonchev–Trinajstić information content (AvgIpc) is 2.71. The van der Waals surface area contributed by atoms with E-state index in [1.807, 2.05) is 26.8 Å². The van der Waals surface area contributed by atoms with Crippen molar-refractivity contribution in [1.29, 1.82) is 5.26 Å². The summed E-state index contributed by atoms with van der Waals surface area (Å²) in [6, 6.07) is 1.64. The van der Waals surface area contributed by atoms with Crippen LogP contribution in [0, 0.1) is 11.3 Å². The van der Waals surface area contributed by atoms with Crippen LogP contribution < -0.4 is 5.32 Å². The summed E-state index contributed by atoms with van der Waals surface area (Å²) in [6.45, 7) is 7.14. The maximum atomic E-state index is 12.2. The Kier molecular flexibility index (Phi) is 5.28. The Morgan fingerprint density at radius 2 is 2.30 bits per heavy atom. The summed E-state index contributed by atoms with van der Waals surface area (Å²) in [6.07, 6.45) is 0.875. The highest BCUT2D eigenvalue weighted by atomic mass is 16.6. The maximum absolute atomic E-state index is 12.2. The highest BCUT2D eigenvalue weighted by Crippen LogP contribution is 2.12. The molecule has 23 heavy (non-hydrogen) atoms. The summed E-state index contributed by atoms with van der Waals surface area (Å²) >= 11 is 0. The zero-order valence-corrected chi connectivity index (χ0v) is 13.4. The molecule has 0 saturated carbocycles. The van der Waals surface area contributed by atoms with Gasteiger partial charge in [-0.1, -0.05) is 0 Å². The van der Waals surface area contributed by atoms with E-state index >= 15 is 0 Å². The van der Waals surface area contributed by atoms with E-state index in [-0.39, 0.29) is 23.9 Å². The minimum atomic E-state index is -0.553. The smallest absolute Gasteiger partial charge is 0.410 e. The predicted molar refractivity (Wildman–Crippen MR) is 80.6 cm³/mol. The number of nitriles is 1. The number of nitrogens with zero attached hydrogens (tertiary/aromatic N) is 5. The zero-order chi connectivity index (χ0) is 16.9. The number of hydrogen-bond donors (Lipinski definition) is 1. The van der Waals surface area contributed by atoms with Crippen LogP contribution in [0.15, 0.2) is 6.33 Å². The van der Waals surface area contributed by atoms with Gasteiger partial charge in [0.05, 0.1) is 19.3 Å². The minimum absolute atomic E-state index is 0.0287. The molecule has 0 aliphatic carbocycles. The fraction of sp³-hybridized carbons (Fsp3) is 0.643. The van der Waals surface area contributed by atoms with Gasteiger partial charge in [0, 0.05) is 13.1 Å². The van der Waals surface area contributed by atoms with E-state index in [1.54, 1.807) is 4.90 Å². The van der Waals surface area contributed by atoms with E-state index in [9.17, 15) is 4.79 Å². The number of anilines is 1. The first kappa shape index (κ1) is 16.9. The molecule has 0 spiro atoms. The van der Waals surface area contributed by atoms with Crippen LogP contribution in [0.1, 0.15) is 26.6 Å². The van der Waals surface area contributed by atoms with Gasteiger partial charge in [-0.15, -0.1) is 0 Å². The van der Waals surface area contributed by atoms with Crippen molar-refractivity contribution in [2.24, 2.45) is 0 Å². The number of aromatic nitrogens is 3. The Balaban J connectivity index is 2.01. The molecule has 1 aliphatic heterocycles. The summed E-state index contributed by atoms with van der Waals surface area (Å²) in [5.41, 5.74) is -0.553. The lowest BCUT2D eigenvalue weighted by Crippen LogP contribution is -2.43. The molecular formula is C14H20N6O3. The van der Waals surface area contributed by atoms with E-state index < -0.39 is 5.60 Å². The molecule has 1 unspecified atom stereocenters. The highest BCUT2D eigenvalue weighted by molar-refractivity contribution is 5.68. The lowest BCUT2D eigenvalue weighted by molar-refractivity contribution is 0.0242. The second kappa shape index (κ2) is 7.19. The van der Waals surface area contributed by atoms with Crippen LogP contribution in [0.4, 0.5) is 10.7 Å². The van der Waals surface area contributed by atoms with Crippen molar-refractivity contribution >= 4 is 12.0 Å². The van der Waals surface area contributed by atoms with Crippen molar-refractivity contribution in [3.63, 3.8) is 0 Å². The van der Waals surface area contributed by atoms with Gasteiger partial charge < -0.3 is 19.7 Å². The SMILES string of the molecule is CC(C)(C)OC(=O)N1CCOCC(Nc2ncnc(C#N)n2)C1. The number of ether oxygens (including phenoxy) is 2. The fourth-order valence-corrected chi connectivity index (χ4v) is 1.99. The molecule has 124 valence electrons. The van der Waals surface area contributed by atoms with Crippen molar-refractivity contribution in [2.75, 3.05) is 31.6 Å². The Labute approximate surface area is 134 Å². The van der Waals surface area contributed by atoms with E-state index in [0.717, 1.165) is 0 Å². The summed E-state index contributed by atoms with van der Waals surface area (Å²) in [5, 5.41) is 11.9. The van der Waals surface area contributed by atoms with Crippen molar-refractivity contribution in [2.45, 2.75) is 32.4 Å². The Morgan fingerprint density at radius 3 is 3.00 bits per heavy atom. The van der Waals surface area contributed by atoms with Gasteiger partial charge in [0.25, 0.3) is 0 Å². The van der Waals surface area contributed by atoms with Crippen molar-refractivity contribution < 1.29 is 14.3 Å². The molecule has 9 heteroatoms. The number of nitrogens with one attached hydrogen (secondary N) is 1. The Morgan fingerprint density at radius 1 is 1.52 bits per heavy atom. The third-order valence-corrected chi connectivity index (χ3v) is 2.92. The molecule has 1 saturated heterocycles. The monoisotopic (exact) mass is 320 g/mol.